The van der Waals surface area contributed by atoms with Crippen LogP contribution in [0.4, 0.5) is 15.8 Å². The zero-order valence-corrected chi connectivity index (χ0v) is 12.9. The van der Waals surface area contributed by atoms with Crippen LogP contribution in [0.2, 0.25) is 0 Å². The molecule has 4 nitrogen and oxygen atoms in total. The van der Waals surface area contributed by atoms with Crippen molar-refractivity contribution in [2.24, 2.45) is 11.1 Å². The van der Waals surface area contributed by atoms with Gasteiger partial charge >= 0.3 is 0 Å². The second kappa shape index (κ2) is 6.02. The molecule has 0 bridgehead atoms. The number of nitrogens with one attached hydrogen (secondary N) is 1. The largest absolute Gasteiger partial charge is 0.369 e. The van der Waals surface area contributed by atoms with Gasteiger partial charge in [-0.2, -0.15) is 0 Å². The molecule has 0 aliphatic carbocycles. The summed E-state index contributed by atoms with van der Waals surface area (Å²) < 4.78 is 14.2. The summed E-state index contributed by atoms with van der Waals surface area (Å²) in [6.07, 6.45) is 2.19. The van der Waals surface area contributed by atoms with E-state index < -0.39 is 6.04 Å². The lowest BCUT2D eigenvalue weighted by molar-refractivity contribution is -0.119. The van der Waals surface area contributed by atoms with Gasteiger partial charge in [0.05, 0.1) is 11.7 Å². The predicted molar refractivity (Wildman–Crippen MR) is 83.9 cm³/mol. The van der Waals surface area contributed by atoms with Gasteiger partial charge in [-0.15, -0.1) is 0 Å². The Morgan fingerprint density at radius 3 is 2.48 bits per heavy atom. The molecule has 1 amide bonds. The summed E-state index contributed by atoms with van der Waals surface area (Å²) in [7, 11) is 0. The Balaban J connectivity index is 2.08. The molecule has 1 heterocycles. The molecule has 2 rings (SSSR count). The summed E-state index contributed by atoms with van der Waals surface area (Å²) in [6.45, 7) is 7.46. The van der Waals surface area contributed by atoms with Gasteiger partial charge in [-0.3, -0.25) is 4.79 Å². The summed E-state index contributed by atoms with van der Waals surface area (Å²) in [5.74, 6) is -0.602. The Kier molecular flexibility index (Phi) is 4.52. The summed E-state index contributed by atoms with van der Waals surface area (Å²) in [5, 5.41) is 2.68. The lowest BCUT2D eigenvalue weighted by Gasteiger charge is -2.26. The molecule has 1 aliphatic heterocycles. The quantitative estimate of drug-likeness (QED) is 0.901. The van der Waals surface area contributed by atoms with Gasteiger partial charge in [0.2, 0.25) is 5.91 Å². The van der Waals surface area contributed by atoms with E-state index in [0.29, 0.717) is 11.4 Å². The van der Waals surface area contributed by atoms with Crippen molar-refractivity contribution in [1.82, 2.24) is 0 Å². The number of nitrogens with two attached hydrogens (primary N) is 1. The van der Waals surface area contributed by atoms with Crippen molar-refractivity contribution in [3.05, 3.63) is 24.0 Å². The molecule has 1 saturated heterocycles. The Labute approximate surface area is 125 Å². The molecular formula is C16H24FN3O. The molecule has 1 aromatic carbocycles. The number of nitrogens with zero attached hydrogens (tertiary/aromatic N) is 1. The van der Waals surface area contributed by atoms with Crippen LogP contribution < -0.4 is 16.0 Å². The van der Waals surface area contributed by atoms with Crippen LogP contribution in [0.3, 0.4) is 0 Å². The lowest BCUT2D eigenvalue weighted by Crippen LogP contribution is -2.45. The smallest absolute Gasteiger partial charge is 0.241 e. The number of halogens is 1. The second-order valence-corrected chi connectivity index (χ2v) is 6.69. The molecule has 0 spiro atoms. The number of carbonyl (C=O) groups is 1. The van der Waals surface area contributed by atoms with Crippen molar-refractivity contribution in [3.8, 4) is 0 Å². The van der Waals surface area contributed by atoms with Crippen LogP contribution in [0, 0.1) is 11.2 Å². The third-order valence-corrected chi connectivity index (χ3v) is 3.88. The Morgan fingerprint density at radius 1 is 1.33 bits per heavy atom. The zero-order valence-electron chi connectivity index (χ0n) is 12.9. The van der Waals surface area contributed by atoms with Crippen LogP contribution in [-0.4, -0.2) is 25.0 Å². The maximum Gasteiger partial charge on any atom is 0.241 e. The minimum atomic E-state index is -0.640. The first kappa shape index (κ1) is 15.8. The van der Waals surface area contributed by atoms with Crippen molar-refractivity contribution in [2.75, 3.05) is 23.3 Å². The van der Waals surface area contributed by atoms with E-state index in [1.165, 1.54) is 6.07 Å². The van der Waals surface area contributed by atoms with E-state index in [0.717, 1.165) is 25.9 Å². The standard InChI is InChI=1S/C16H24FN3O/c1-16(2,3)14(18)15(21)19-11-6-7-13(12(17)10-11)20-8-4-5-9-20/h6-7,10,14H,4-5,8-9,18H2,1-3H3,(H,19,21)/t14-/m1/s1. The van der Waals surface area contributed by atoms with Crippen LogP contribution in [0.15, 0.2) is 18.2 Å². The van der Waals surface area contributed by atoms with Gasteiger partial charge < -0.3 is 16.0 Å². The van der Waals surface area contributed by atoms with Gasteiger partial charge in [0.15, 0.2) is 0 Å². The maximum atomic E-state index is 14.2. The molecule has 3 N–H and O–H groups in total. The van der Waals surface area contributed by atoms with E-state index in [2.05, 4.69) is 5.32 Å². The van der Waals surface area contributed by atoms with Gasteiger partial charge in [0, 0.05) is 18.8 Å². The molecule has 1 aromatic rings. The van der Waals surface area contributed by atoms with Crippen molar-refractivity contribution < 1.29 is 9.18 Å². The van der Waals surface area contributed by atoms with Gasteiger partial charge in [-0.05, 0) is 36.5 Å². The van der Waals surface area contributed by atoms with Gasteiger partial charge in [-0.1, -0.05) is 20.8 Å². The van der Waals surface area contributed by atoms with Gasteiger partial charge in [0.1, 0.15) is 5.82 Å². The third-order valence-electron chi connectivity index (χ3n) is 3.88. The topological polar surface area (TPSA) is 58.4 Å². The highest BCUT2D eigenvalue weighted by Gasteiger charge is 2.27. The Morgan fingerprint density at radius 2 is 1.95 bits per heavy atom. The van der Waals surface area contributed by atoms with E-state index in [-0.39, 0.29) is 17.1 Å². The highest BCUT2D eigenvalue weighted by molar-refractivity contribution is 5.95. The van der Waals surface area contributed by atoms with Crippen molar-refractivity contribution in [1.29, 1.82) is 0 Å². The fraction of sp³-hybridized carbons (Fsp3) is 0.562. The van der Waals surface area contributed by atoms with Crippen LogP contribution in [0.5, 0.6) is 0 Å². The number of carbonyl (C=O) groups excluding carboxylic acids is 1. The molecule has 5 heteroatoms. The maximum absolute atomic E-state index is 14.2. The van der Waals surface area contributed by atoms with Crippen LogP contribution in [0.1, 0.15) is 33.6 Å². The number of anilines is 2. The number of rotatable bonds is 3. The molecule has 1 fully saturated rings. The summed E-state index contributed by atoms with van der Waals surface area (Å²) in [6, 6.07) is 4.17. The van der Waals surface area contributed by atoms with E-state index in [9.17, 15) is 9.18 Å². The minimum Gasteiger partial charge on any atom is -0.369 e. The molecule has 0 saturated carbocycles. The normalized spacial score (nSPS) is 16.9. The average Bonchev–Trinajstić information content (AvgIpc) is 2.90. The lowest BCUT2D eigenvalue weighted by atomic mass is 9.87. The predicted octanol–water partition coefficient (Wildman–Crippen LogP) is 2.74. The molecular weight excluding hydrogens is 269 g/mol. The molecule has 21 heavy (non-hydrogen) atoms. The van der Waals surface area contributed by atoms with Crippen LogP contribution >= 0.6 is 0 Å². The van der Waals surface area contributed by atoms with Gasteiger partial charge in [-0.25, -0.2) is 4.39 Å². The van der Waals surface area contributed by atoms with Crippen molar-refractivity contribution >= 4 is 17.3 Å². The Bertz CT molecular complexity index is 519. The van der Waals surface area contributed by atoms with E-state index in [1.54, 1.807) is 12.1 Å². The zero-order chi connectivity index (χ0) is 15.6. The second-order valence-electron chi connectivity index (χ2n) is 6.69. The number of hydrogen-bond donors (Lipinski definition) is 2. The fourth-order valence-corrected chi connectivity index (χ4v) is 2.41. The molecule has 0 radical (unpaired) electrons. The number of amides is 1. The van der Waals surface area contributed by atoms with E-state index >= 15 is 0 Å². The number of hydrogen-bond acceptors (Lipinski definition) is 3. The van der Waals surface area contributed by atoms with Crippen molar-refractivity contribution in [3.63, 3.8) is 0 Å². The molecule has 1 aliphatic rings. The van der Waals surface area contributed by atoms with E-state index in [1.807, 2.05) is 25.7 Å². The molecule has 116 valence electrons. The van der Waals surface area contributed by atoms with E-state index in [4.69, 9.17) is 5.73 Å². The fourth-order valence-electron chi connectivity index (χ4n) is 2.41. The monoisotopic (exact) mass is 293 g/mol. The first-order valence-electron chi connectivity index (χ1n) is 7.40. The average molecular weight is 293 g/mol. The van der Waals surface area contributed by atoms with Crippen LogP contribution in [0.25, 0.3) is 0 Å². The van der Waals surface area contributed by atoms with Crippen molar-refractivity contribution in [2.45, 2.75) is 39.7 Å². The first-order chi connectivity index (χ1) is 9.79. The minimum absolute atomic E-state index is 0.296. The SMILES string of the molecule is CC(C)(C)[C@H](N)C(=O)Nc1ccc(N2CCCC2)c(F)c1. The van der Waals surface area contributed by atoms with Crippen LogP contribution in [-0.2, 0) is 4.79 Å². The first-order valence-corrected chi connectivity index (χ1v) is 7.40. The summed E-state index contributed by atoms with van der Waals surface area (Å²) in [5.41, 5.74) is 6.61. The summed E-state index contributed by atoms with van der Waals surface area (Å²) in [4.78, 5) is 14.1. The third kappa shape index (κ3) is 3.73. The molecule has 0 aromatic heterocycles. The Hall–Kier alpha value is -1.62. The molecule has 1 atom stereocenters. The highest BCUT2D eigenvalue weighted by Crippen LogP contribution is 2.26. The molecule has 0 unspecified atom stereocenters. The summed E-state index contributed by atoms with van der Waals surface area (Å²) >= 11 is 0. The van der Waals surface area contributed by atoms with Gasteiger partial charge in [0.25, 0.3) is 0 Å². The highest BCUT2D eigenvalue weighted by atomic mass is 19.1. The number of benzene rings is 1.